The van der Waals surface area contributed by atoms with Gasteiger partial charge in [-0.3, -0.25) is 37.3 Å². The molecule has 0 amide bonds. The molecule has 19 heteroatoms. The SMILES string of the molecule is CC/C=C\C/C=C\C/C=C\C/C=C\C/C=C\C/C=C\CCC(=O)OCC(COP(=O)(O)OCC(O)COP(=O)(O)OCC(COC(=O)CCCCCCCCCCCCCCCCC)OC(=O)CCCCCCC/C=C\CCCCCC)OC(=O)CC/C=C\C/C=C\C/C=C\C/C=C\C/C=C\C/C=C\CC. The molecule has 0 aromatic rings. The topological polar surface area (TPSA) is 237 Å². The Morgan fingerprint density at radius 2 is 0.509 bits per heavy atom. The lowest BCUT2D eigenvalue weighted by molar-refractivity contribution is -0.161. The van der Waals surface area contributed by atoms with Gasteiger partial charge in [0, 0.05) is 25.7 Å². The third-order valence-corrected chi connectivity index (χ3v) is 18.4. The first kappa shape index (κ1) is 101. The number of hydrogen-bond donors (Lipinski definition) is 3. The van der Waals surface area contributed by atoms with Gasteiger partial charge in [-0.25, -0.2) is 9.13 Å². The molecule has 0 spiro atoms. The normalized spacial score (nSPS) is 14.7. The molecule has 0 rings (SSSR count). The molecule has 5 unspecified atom stereocenters. The van der Waals surface area contributed by atoms with Crippen LogP contribution >= 0.6 is 15.6 Å². The first-order valence-electron chi connectivity index (χ1n) is 40.7. The Labute approximate surface area is 642 Å². The Morgan fingerprint density at radius 1 is 0.274 bits per heavy atom. The lowest BCUT2D eigenvalue weighted by Gasteiger charge is -2.21. The first-order valence-corrected chi connectivity index (χ1v) is 43.7. The van der Waals surface area contributed by atoms with Crippen molar-refractivity contribution < 1.29 is 80.2 Å². The van der Waals surface area contributed by atoms with Crippen LogP contribution in [0, 0.1) is 0 Å². The number of ether oxygens (including phenoxy) is 4. The minimum atomic E-state index is -5.02. The number of allylic oxidation sites excluding steroid dienone is 26. The smallest absolute Gasteiger partial charge is 0.462 e. The molecule has 3 N–H and O–H groups in total. The molecule has 17 nitrogen and oxygen atoms in total. The summed E-state index contributed by atoms with van der Waals surface area (Å²) in [5.41, 5.74) is 0. The van der Waals surface area contributed by atoms with E-state index in [2.05, 4.69) is 149 Å². The fraction of sp³-hybridized carbons (Fsp3) is 0.655. The highest BCUT2D eigenvalue weighted by molar-refractivity contribution is 7.47. The van der Waals surface area contributed by atoms with Crippen LogP contribution in [-0.2, 0) is 65.4 Å². The number of phosphoric ester groups is 2. The van der Waals surface area contributed by atoms with Crippen molar-refractivity contribution in [3.8, 4) is 0 Å². The highest BCUT2D eigenvalue weighted by Crippen LogP contribution is 2.45. The number of unbranched alkanes of at least 4 members (excludes halogenated alkanes) is 23. The van der Waals surface area contributed by atoms with Crippen molar-refractivity contribution in [2.24, 2.45) is 0 Å². The molecule has 0 aromatic heterocycles. The summed E-state index contributed by atoms with van der Waals surface area (Å²) in [5, 5.41) is 10.6. The van der Waals surface area contributed by atoms with Gasteiger partial charge in [0.15, 0.2) is 12.2 Å². The molecule has 0 saturated heterocycles. The summed E-state index contributed by atoms with van der Waals surface area (Å²) < 4.78 is 68.5. The maximum atomic E-state index is 13.1. The fourth-order valence-corrected chi connectivity index (χ4v) is 12.0. The predicted molar refractivity (Wildman–Crippen MR) is 436 cm³/mol. The summed E-state index contributed by atoms with van der Waals surface area (Å²) in [5.74, 6) is -2.38. The molecule has 106 heavy (non-hydrogen) atoms. The van der Waals surface area contributed by atoms with Gasteiger partial charge in [-0.15, -0.1) is 0 Å². The van der Waals surface area contributed by atoms with Crippen LogP contribution in [0.25, 0.3) is 0 Å². The fourth-order valence-electron chi connectivity index (χ4n) is 10.4. The lowest BCUT2D eigenvalue weighted by atomic mass is 10.0. The summed E-state index contributed by atoms with van der Waals surface area (Å²) in [6, 6.07) is 0. The van der Waals surface area contributed by atoms with Crippen LogP contribution in [-0.4, -0.2) is 96.7 Å². The summed E-state index contributed by atoms with van der Waals surface area (Å²) in [4.78, 5) is 73.0. The van der Waals surface area contributed by atoms with Crippen molar-refractivity contribution in [3.05, 3.63) is 158 Å². The van der Waals surface area contributed by atoms with Crippen LogP contribution < -0.4 is 0 Å². The van der Waals surface area contributed by atoms with Gasteiger partial charge in [-0.2, -0.15) is 0 Å². The number of carbonyl (C=O) groups is 4. The number of carbonyl (C=O) groups excluding carboxylic acids is 4. The molecule has 0 saturated carbocycles. The second-order valence-corrected chi connectivity index (χ2v) is 29.5. The molecule has 0 aliphatic rings. The van der Waals surface area contributed by atoms with Crippen LogP contribution in [0.3, 0.4) is 0 Å². The van der Waals surface area contributed by atoms with E-state index in [1.165, 1.54) is 96.3 Å². The molecule has 0 aromatic carbocycles. The minimum Gasteiger partial charge on any atom is -0.462 e. The van der Waals surface area contributed by atoms with E-state index in [4.69, 9.17) is 37.0 Å². The van der Waals surface area contributed by atoms with Gasteiger partial charge >= 0.3 is 39.5 Å². The predicted octanol–water partition coefficient (Wildman–Crippen LogP) is 24.0. The Bertz CT molecular complexity index is 2630. The molecule has 0 aliphatic heterocycles. The van der Waals surface area contributed by atoms with Gasteiger partial charge in [-0.05, 0) is 128 Å². The Kier molecular flexibility index (Phi) is 73.9. The highest BCUT2D eigenvalue weighted by atomic mass is 31.2. The molecule has 0 radical (unpaired) electrons. The van der Waals surface area contributed by atoms with Crippen molar-refractivity contribution in [1.82, 2.24) is 0 Å². The van der Waals surface area contributed by atoms with E-state index < -0.39 is 97.5 Å². The van der Waals surface area contributed by atoms with Crippen molar-refractivity contribution in [2.75, 3.05) is 39.6 Å². The molecule has 5 atom stereocenters. The Hall–Kier alpha value is -5.32. The summed E-state index contributed by atoms with van der Waals surface area (Å²) in [7, 11) is -10.0. The standard InChI is InChI=1S/C87H144O17P2/c1-5-9-13-17-21-25-29-33-36-38-40-42-45-49-52-56-60-64-68-72-85(90)98-78-83(104-87(92)74-70-66-62-58-54-50-46-43-41-39-37-34-30-26-22-18-14-10-6-2)80-102-106(95,96)100-76-81(88)75-99-105(93,94)101-79-82(103-86(91)73-69-65-61-57-53-47-32-28-24-20-16-12-8-4)77-97-84(89)71-67-63-59-55-51-48-44-35-31-27-23-19-15-11-7-3/h9-10,13-14,21-22,25-26,28,32-34,36-37,40-43,49-50,52,54,60,62,64,66,81-83,88H,5-8,11-12,15-20,23-24,27,29-31,35,38-39,44-48,51,53,55-59,61,63,65,67-80H2,1-4H3,(H,93,94)(H,95,96)/b13-9-,14-10-,25-21-,26-22-,32-28-,36-33-,37-34-,42-40-,43-41-,52-49-,54-50-,64-60-,66-62-. The first-order chi connectivity index (χ1) is 51.7. The third-order valence-electron chi connectivity index (χ3n) is 16.5. The number of phosphoric acid groups is 2. The van der Waals surface area contributed by atoms with E-state index in [0.717, 1.165) is 122 Å². The zero-order valence-electron chi connectivity index (χ0n) is 66.1. The van der Waals surface area contributed by atoms with Crippen LogP contribution in [0.2, 0.25) is 0 Å². The van der Waals surface area contributed by atoms with Crippen molar-refractivity contribution >= 4 is 39.5 Å². The van der Waals surface area contributed by atoms with Crippen LogP contribution in [0.15, 0.2) is 158 Å². The molecule has 604 valence electrons. The van der Waals surface area contributed by atoms with Gasteiger partial charge in [-0.1, -0.05) is 314 Å². The number of aliphatic hydroxyl groups excluding tert-OH is 1. The van der Waals surface area contributed by atoms with Crippen molar-refractivity contribution in [1.29, 1.82) is 0 Å². The Balaban J connectivity index is 5.51. The van der Waals surface area contributed by atoms with E-state index >= 15 is 0 Å². The number of esters is 4. The second kappa shape index (κ2) is 77.8. The number of hydrogen-bond acceptors (Lipinski definition) is 15. The van der Waals surface area contributed by atoms with E-state index in [1.807, 2.05) is 36.5 Å². The van der Waals surface area contributed by atoms with Gasteiger partial charge in [0.25, 0.3) is 0 Å². The van der Waals surface area contributed by atoms with E-state index in [0.29, 0.717) is 38.5 Å². The minimum absolute atomic E-state index is 0.0149. The summed E-state index contributed by atoms with van der Waals surface area (Å²) in [6.07, 6.45) is 91.1. The zero-order chi connectivity index (χ0) is 77.4. The van der Waals surface area contributed by atoms with Gasteiger partial charge in [0.2, 0.25) is 0 Å². The van der Waals surface area contributed by atoms with Gasteiger partial charge in [0.1, 0.15) is 19.3 Å². The summed E-state index contributed by atoms with van der Waals surface area (Å²) >= 11 is 0. The van der Waals surface area contributed by atoms with Crippen LogP contribution in [0.5, 0.6) is 0 Å². The quantitative estimate of drug-likeness (QED) is 0.0169. The van der Waals surface area contributed by atoms with E-state index in [-0.39, 0.29) is 25.7 Å². The average molecular weight is 1520 g/mol. The van der Waals surface area contributed by atoms with Crippen molar-refractivity contribution in [2.45, 2.75) is 329 Å². The molecular weight excluding hydrogens is 1380 g/mol. The summed E-state index contributed by atoms with van der Waals surface area (Å²) in [6.45, 7) is 4.46. The van der Waals surface area contributed by atoms with Gasteiger partial charge in [0.05, 0.1) is 26.4 Å². The molecule has 0 aliphatic carbocycles. The van der Waals surface area contributed by atoms with E-state index in [9.17, 15) is 43.2 Å². The molecule has 0 heterocycles. The maximum Gasteiger partial charge on any atom is 0.472 e. The average Bonchev–Trinajstić information content (AvgIpc) is 0.903. The lowest BCUT2D eigenvalue weighted by Crippen LogP contribution is -2.30. The third kappa shape index (κ3) is 76.9. The van der Waals surface area contributed by atoms with Gasteiger partial charge < -0.3 is 33.8 Å². The maximum absolute atomic E-state index is 13.1. The van der Waals surface area contributed by atoms with Crippen molar-refractivity contribution in [3.63, 3.8) is 0 Å². The number of aliphatic hydroxyl groups is 1. The van der Waals surface area contributed by atoms with E-state index in [1.54, 1.807) is 0 Å². The Morgan fingerprint density at radius 3 is 0.840 bits per heavy atom. The molecular formula is C87H144O17P2. The largest absolute Gasteiger partial charge is 0.472 e. The van der Waals surface area contributed by atoms with Crippen LogP contribution in [0.1, 0.15) is 310 Å². The molecule has 0 bridgehead atoms. The zero-order valence-corrected chi connectivity index (χ0v) is 67.8. The highest BCUT2D eigenvalue weighted by Gasteiger charge is 2.30. The monoisotopic (exact) mass is 1520 g/mol. The number of rotatable bonds is 75. The van der Waals surface area contributed by atoms with Crippen LogP contribution in [0.4, 0.5) is 0 Å². The second-order valence-electron chi connectivity index (χ2n) is 26.6. The molecule has 0 fully saturated rings.